The molecule has 2 aromatic carbocycles. The molecule has 3 aromatic rings. The minimum atomic E-state index is 0.0711. The average Bonchev–Trinajstić information content (AvgIpc) is 3.28. The highest BCUT2D eigenvalue weighted by Crippen LogP contribution is 2.34. The molecular weight excluding hydrogens is 444 g/mol. The van der Waals surface area contributed by atoms with E-state index in [1.54, 1.807) is 7.11 Å². The average molecular weight is 479 g/mol. The molecule has 34 heavy (non-hydrogen) atoms. The number of nitrogens with one attached hydrogen (secondary N) is 2. The predicted molar refractivity (Wildman–Crippen MR) is 141 cm³/mol. The van der Waals surface area contributed by atoms with Crippen molar-refractivity contribution in [3.05, 3.63) is 59.8 Å². The first-order valence-electron chi connectivity index (χ1n) is 12.2. The molecule has 2 N–H and O–H groups in total. The fourth-order valence-electron chi connectivity index (χ4n) is 5.16. The highest BCUT2D eigenvalue weighted by Gasteiger charge is 2.24. The molecule has 1 amide bonds. The van der Waals surface area contributed by atoms with Crippen molar-refractivity contribution < 1.29 is 9.53 Å². The topological polar surface area (TPSA) is 60.6 Å². The van der Waals surface area contributed by atoms with E-state index in [9.17, 15) is 4.79 Å². The number of aromatic nitrogens is 1. The second-order valence-electron chi connectivity index (χ2n) is 9.34. The third kappa shape index (κ3) is 5.59. The minimum absolute atomic E-state index is 0.0711. The second-order valence-corrected chi connectivity index (χ2v) is 10.6. The van der Waals surface area contributed by atoms with Crippen molar-refractivity contribution in [2.45, 2.75) is 25.3 Å². The Kier molecular flexibility index (Phi) is 7.42. The van der Waals surface area contributed by atoms with E-state index in [0.29, 0.717) is 12.5 Å². The summed E-state index contributed by atoms with van der Waals surface area (Å²) in [5.41, 5.74) is 4.68. The van der Waals surface area contributed by atoms with E-state index in [1.807, 2.05) is 30.0 Å². The summed E-state index contributed by atoms with van der Waals surface area (Å²) in [5.74, 6) is 3.89. The van der Waals surface area contributed by atoms with E-state index >= 15 is 0 Å². The fraction of sp³-hybridized carbons (Fsp3) is 0.444. The molecule has 0 radical (unpaired) electrons. The Bertz CT molecular complexity index is 1120. The number of amides is 1. The number of rotatable bonds is 7. The number of piperidine rings is 1. The second kappa shape index (κ2) is 10.8. The van der Waals surface area contributed by atoms with Crippen LogP contribution >= 0.6 is 11.8 Å². The standard InChI is InChI=1S/C27H34N4O2S/c1-33-23-5-6-26-24(16-23)25(17-28-26)21-7-9-30(10-8-21)19-27(32)29-22-4-2-3-20(15-22)18-31-11-13-34-14-12-31/h2-6,15-17,21,28H,7-14,18-19H2,1H3,(H,29,32). The lowest BCUT2D eigenvalue weighted by molar-refractivity contribution is -0.117. The van der Waals surface area contributed by atoms with Crippen molar-refractivity contribution in [3.8, 4) is 5.75 Å². The molecule has 180 valence electrons. The molecule has 0 aliphatic carbocycles. The van der Waals surface area contributed by atoms with Gasteiger partial charge in [0.2, 0.25) is 5.91 Å². The number of hydrogen-bond donors (Lipinski definition) is 2. The van der Waals surface area contributed by atoms with Gasteiger partial charge in [0.05, 0.1) is 13.7 Å². The molecule has 0 unspecified atom stereocenters. The van der Waals surface area contributed by atoms with Crippen LogP contribution in [0.1, 0.15) is 29.9 Å². The summed E-state index contributed by atoms with van der Waals surface area (Å²) in [5, 5.41) is 4.37. The van der Waals surface area contributed by atoms with E-state index in [1.165, 1.54) is 28.0 Å². The number of thioether (sulfide) groups is 1. The Balaban J connectivity index is 1.13. The highest BCUT2D eigenvalue weighted by molar-refractivity contribution is 7.99. The number of aromatic amines is 1. The summed E-state index contributed by atoms with van der Waals surface area (Å²) in [7, 11) is 1.71. The number of methoxy groups -OCH3 is 1. The Labute approximate surface area is 206 Å². The maximum Gasteiger partial charge on any atom is 0.238 e. The van der Waals surface area contributed by atoms with Crippen LogP contribution in [0.15, 0.2) is 48.7 Å². The third-order valence-corrected chi connectivity index (χ3v) is 7.98. The molecule has 2 fully saturated rings. The third-order valence-electron chi connectivity index (χ3n) is 7.04. The van der Waals surface area contributed by atoms with Crippen molar-refractivity contribution in [2.24, 2.45) is 0 Å². The van der Waals surface area contributed by atoms with Gasteiger partial charge in [0.25, 0.3) is 0 Å². The van der Waals surface area contributed by atoms with E-state index in [2.05, 4.69) is 50.6 Å². The molecule has 0 spiro atoms. The zero-order chi connectivity index (χ0) is 23.3. The number of fused-ring (bicyclic) bond motifs is 1. The molecule has 6 nitrogen and oxygen atoms in total. The maximum absolute atomic E-state index is 12.8. The minimum Gasteiger partial charge on any atom is -0.497 e. The Morgan fingerprint density at radius 3 is 2.71 bits per heavy atom. The van der Waals surface area contributed by atoms with E-state index < -0.39 is 0 Å². The lowest BCUT2D eigenvalue weighted by atomic mass is 9.89. The van der Waals surface area contributed by atoms with Crippen LogP contribution in [0.3, 0.4) is 0 Å². The van der Waals surface area contributed by atoms with Gasteiger partial charge in [-0.15, -0.1) is 0 Å². The number of nitrogens with zero attached hydrogens (tertiary/aromatic N) is 2. The summed E-state index contributed by atoms with van der Waals surface area (Å²) < 4.78 is 5.42. The number of H-pyrrole nitrogens is 1. The van der Waals surface area contributed by atoms with Crippen molar-refractivity contribution in [1.29, 1.82) is 0 Å². The molecule has 7 heteroatoms. The van der Waals surface area contributed by atoms with Crippen LogP contribution in [0, 0.1) is 0 Å². The summed E-state index contributed by atoms with van der Waals surface area (Å²) in [4.78, 5) is 20.9. The summed E-state index contributed by atoms with van der Waals surface area (Å²) in [6.07, 6.45) is 4.26. The number of ether oxygens (including phenoxy) is 1. The van der Waals surface area contributed by atoms with Crippen molar-refractivity contribution in [1.82, 2.24) is 14.8 Å². The monoisotopic (exact) mass is 478 g/mol. The smallest absolute Gasteiger partial charge is 0.238 e. The van der Waals surface area contributed by atoms with Gasteiger partial charge < -0.3 is 15.0 Å². The van der Waals surface area contributed by atoms with E-state index in [-0.39, 0.29) is 5.91 Å². The first kappa shape index (κ1) is 23.3. The quantitative estimate of drug-likeness (QED) is 0.522. The van der Waals surface area contributed by atoms with Gasteiger partial charge in [-0.3, -0.25) is 14.6 Å². The number of benzene rings is 2. The number of likely N-dealkylation sites (tertiary alicyclic amines) is 1. The molecule has 2 aliphatic rings. The Hall–Kier alpha value is -2.48. The van der Waals surface area contributed by atoms with Crippen LogP contribution < -0.4 is 10.1 Å². The number of carbonyl (C=O) groups excluding carboxylic acids is 1. The zero-order valence-electron chi connectivity index (χ0n) is 19.9. The molecule has 1 aromatic heterocycles. The SMILES string of the molecule is COc1ccc2[nH]cc(C3CCN(CC(=O)Nc4cccc(CN5CCSCC5)c4)CC3)c2c1. The van der Waals surface area contributed by atoms with Crippen molar-refractivity contribution in [3.63, 3.8) is 0 Å². The molecule has 3 heterocycles. The van der Waals surface area contributed by atoms with Gasteiger partial charge >= 0.3 is 0 Å². The number of hydrogen-bond acceptors (Lipinski definition) is 5. The summed E-state index contributed by atoms with van der Waals surface area (Å²) in [6, 6.07) is 14.5. The summed E-state index contributed by atoms with van der Waals surface area (Å²) >= 11 is 2.03. The first-order valence-corrected chi connectivity index (χ1v) is 13.4. The van der Waals surface area contributed by atoms with Gasteiger partial charge in [-0.25, -0.2) is 0 Å². The number of anilines is 1. The predicted octanol–water partition coefficient (Wildman–Crippen LogP) is 4.54. The van der Waals surface area contributed by atoms with Crippen LogP contribution in [-0.2, 0) is 11.3 Å². The largest absolute Gasteiger partial charge is 0.497 e. The molecule has 2 aliphatic heterocycles. The fourth-order valence-corrected chi connectivity index (χ4v) is 6.14. The van der Waals surface area contributed by atoms with Gasteiger partial charge in [0, 0.05) is 53.9 Å². The molecular formula is C27H34N4O2S. The van der Waals surface area contributed by atoms with Crippen LogP contribution in [0.2, 0.25) is 0 Å². The lowest BCUT2D eigenvalue weighted by Gasteiger charge is -2.31. The zero-order valence-corrected chi connectivity index (χ0v) is 20.7. The maximum atomic E-state index is 12.8. The molecule has 0 atom stereocenters. The van der Waals surface area contributed by atoms with Gasteiger partial charge in [-0.05, 0) is 73.3 Å². The van der Waals surface area contributed by atoms with Crippen LogP contribution in [0.25, 0.3) is 10.9 Å². The van der Waals surface area contributed by atoms with Gasteiger partial charge in [0.15, 0.2) is 0 Å². The Morgan fingerprint density at radius 2 is 1.91 bits per heavy atom. The van der Waals surface area contributed by atoms with E-state index in [0.717, 1.165) is 62.5 Å². The summed E-state index contributed by atoms with van der Waals surface area (Å²) in [6.45, 7) is 5.55. The number of carbonyl (C=O) groups is 1. The van der Waals surface area contributed by atoms with Crippen molar-refractivity contribution in [2.75, 3.05) is 56.7 Å². The first-order chi connectivity index (χ1) is 16.7. The molecule has 2 saturated heterocycles. The normalized spacial score (nSPS) is 18.3. The van der Waals surface area contributed by atoms with Gasteiger partial charge in [-0.1, -0.05) is 12.1 Å². The van der Waals surface area contributed by atoms with Crippen LogP contribution in [0.4, 0.5) is 5.69 Å². The van der Waals surface area contributed by atoms with Gasteiger partial charge in [-0.2, -0.15) is 11.8 Å². The van der Waals surface area contributed by atoms with Crippen LogP contribution in [-0.4, -0.2) is 72.0 Å². The Morgan fingerprint density at radius 1 is 1.09 bits per heavy atom. The van der Waals surface area contributed by atoms with Crippen molar-refractivity contribution >= 4 is 34.3 Å². The lowest BCUT2D eigenvalue weighted by Crippen LogP contribution is -2.38. The molecule has 0 bridgehead atoms. The highest BCUT2D eigenvalue weighted by atomic mass is 32.2. The molecule has 5 rings (SSSR count). The molecule has 0 saturated carbocycles. The van der Waals surface area contributed by atoms with Gasteiger partial charge in [0.1, 0.15) is 5.75 Å². The van der Waals surface area contributed by atoms with Crippen LogP contribution in [0.5, 0.6) is 5.75 Å². The van der Waals surface area contributed by atoms with E-state index in [4.69, 9.17) is 4.74 Å².